The van der Waals surface area contributed by atoms with Crippen LogP contribution in [0.15, 0.2) is 52.0 Å². The normalized spacial score (nSPS) is 11.0. The van der Waals surface area contributed by atoms with Gasteiger partial charge in [0.15, 0.2) is 15.6 Å². The Morgan fingerprint density at radius 2 is 1.74 bits per heavy atom. The Morgan fingerprint density at radius 3 is 2.35 bits per heavy atom. The van der Waals surface area contributed by atoms with E-state index in [4.69, 9.17) is 4.42 Å². The van der Waals surface area contributed by atoms with Crippen LogP contribution in [0, 0.1) is 0 Å². The topological polar surface area (TPSA) is 105 Å². The number of furan rings is 1. The number of carbonyl (C=O) groups excluding carboxylic acids is 2. The number of carbonyl (C=O) groups is 2. The monoisotopic (exact) mass is 336 g/mol. The minimum absolute atomic E-state index is 0.0799. The van der Waals surface area contributed by atoms with E-state index in [1.165, 1.54) is 36.6 Å². The van der Waals surface area contributed by atoms with Crippen LogP contribution in [0.4, 0.5) is 0 Å². The highest BCUT2D eigenvalue weighted by Gasteiger charge is 2.12. The molecule has 0 spiro atoms. The molecule has 0 radical (unpaired) electrons. The number of nitrogens with one attached hydrogen (secondary N) is 2. The van der Waals surface area contributed by atoms with Gasteiger partial charge in [0.2, 0.25) is 0 Å². The maximum atomic E-state index is 12.0. The Balaban J connectivity index is 1.85. The molecule has 1 aromatic carbocycles. The van der Waals surface area contributed by atoms with Crippen LogP contribution in [-0.4, -0.2) is 39.6 Å². The van der Waals surface area contributed by atoms with Gasteiger partial charge in [-0.1, -0.05) is 6.07 Å². The number of hydrogen-bond donors (Lipinski definition) is 2. The molecule has 0 saturated carbocycles. The fourth-order valence-electron chi connectivity index (χ4n) is 1.82. The Kier molecular flexibility index (Phi) is 5.17. The van der Waals surface area contributed by atoms with Crippen LogP contribution < -0.4 is 10.6 Å². The van der Waals surface area contributed by atoms with Gasteiger partial charge in [-0.3, -0.25) is 9.59 Å². The first-order chi connectivity index (χ1) is 10.9. The molecule has 2 rings (SSSR count). The van der Waals surface area contributed by atoms with Gasteiger partial charge in [-0.25, -0.2) is 8.42 Å². The first-order valence-corrected chi connectivity index (χ1v) is 8.67. The summed E-state index contributed by atoms with van der Waals surface area (Å²) in [6.07, 6.45) is 2.47. The third kappa shape index (κ3) is 4.68. The molecule has 0 unspecified atom stereocenters. The van der Waals surface area contributed by atoms with Crippen molar-refractivity contribution in [3.63, 3.8) is 0 Å². The van der Waals surface area contributed by atoms with E-state index < -0.39 is 15.7 Å². The Morgan fingerprint density at radius 1 is 1.04 bits per heavy atom. The van der Waals surface area contributed by atoms with Crippen molar-refractivity contribution in [3.8, 4) is 0 Å². The zero-order chi connectivity index (χ0) is 16.9. The highest BCUT2D eigenvalue weighted by Crippen LogP contribution is 2.11. The van der Waals surface area contributed by atoms with Gasteiger partial charge in [0.05, 0.1) is 11.2 Å². The van der Waals surface area contributed by atoms with Gasteiger partial charge in [-0.05, 0) is 30.3 Å². The van der Waals surface area contributed by atoms with Crippen LogP contribution in [0.5, 0.6) is 0 Å². The van der Waals surface area contributed by atoms with Crippen LogP contribution in [0.25, 0.3) is 0 Å². The van der Waals surface area contributed by atoms with Gasteiger partial charge in [-0.15, -0.1) is 0 Å². The van der Waals surface area contributed by atoms with Gasteiger partial charge in [-0.2, -0.15) is 0 Å². The summed E-state index contributed by atoms with van der Waals surface area (Å²) in [6, 6.07) is 8.90. The van der Waals surface area contributed by atoms with Crippen LogP contribution in [-0.2, 0) is 9.84 Å². The average Bonchev–Trinajstić information content (AvgIpc) is 3.05. The fourth-order valence-corrected chi connectivity index (χ4v) is 2.48. The predicted octanol–water partition coefficient (Wildman–Crippen LogP) is 0.843. The summed E-state index contributed by atoms with van der Waals surface area (Å²) in [4.78, 5) is 23.6. The maximum absolute atomic E-state index is 12.0. The number of hydrogen-bond acceptors (Lipinski definition) is 5. The molecule has 1 heterocycles. The fraction of sp³-hybridized carbons (Fsp3) is 0.200. The van der Waals surface area contributed by atoms with E-state index in [9.17, 15) is 18.0 Å². The smallest absolute Gasteiger partial charge is 0.287 e. The second kappa shape index (κ2) is 7.10. The molecule has 0 saturated heterocycles. The van der Waals surface area contributed by atoms with E-state index in [1.807, 2.05) is 0 Å². The molecular formula is C15H16N2O5S. The Hall–Kier alpha value is -2.61. The van der Waals surface area contributed by atoms with Crippen LogP contribution in [0.3, 0.4) is 0 Å². The van der Waals surface area contributed by atoms with Gasteiger partial charge in [0.25, 0.3) is 11.8 Å². The van der Waals surface area contributed by atoms with E-state index in [0.29, 0.717) is 0 Å². The van der Waals surface area contributed by atoms with Crippen molar-refractivity contribution in [3.05, 3.63) is 54.0 Å². The van der Waals surface area contributed by atoms with E-state index in [1.54, 1.807) is 6.07 Å². The first kappa shape index (κ1) is 16.8. The van der Waals surface area contributed by atoms with Gasteiger partial charge in [0, 0.05) is 24.9 Å². The summed E-state index contributed by atoms with van der Waals surface area (Å²) in [7, 11) is -3.37. The second-order valence-electron chi connectivity index (χ2n) is 4.79. The van der Waals surface area contributed by atoms with Gasteiger partial charge < -0.3 is 15.1 Å². The molecule has 23 heavy (non-hydrogen) atoms. The highest BCUT2D eigenvalue weighted by atomic mass is 32.2. The van der Waals surface area contributed by atoms with Crippen molar-refractivity contribution >= 4 is 21.7 Å². The van der Waals surface area contributed by atoms with Crippen molar-refractivity contribution < 1.29 is 22.4 Å². The lowest BCUT2D eigenvalue weighted by Gasteiger charge is -2.07. The highest BCUT2D eigenvalue weighted by molar-refractivity contribution is 7.90. The Labute approximate surface area is 133 Å². The number of sulfone groups is 1. The Bertz CT molecular complexity index is 797. The molecule has 8 heteroatoms. The molecule has 7 nitrogen and oxygen atoms in total. The zero-order valence-electron chi connectivity index (χ0n) is 12.4. The molecule has 2 aromatic rings. The minimum Gasteiger partial charge on any atom is -0.459 e. The molecule has 0 fully saturated rings. The van der Waals surface area contributed by atoms with Crippen molar-refractivity contribution in [2.24, 2.45) is 0 Å². The molecule has 0 aliphatic carbocycles. The lowest BCUT2D eigenvalue weighted by Crippen LogP contribution is -2.34. The van der Waals surface area contributed by atoms with Crippen molar-refractivity contribution in [1.29, 1.82) is 0 Å². The van der Waals surface area contributed by atoms with Crippen LogP contribution >= 0.6 is 0 Å². The minimum atomic E-state index is -3.37. The summed E-state index contributed by atoms with van der Waals surface area (Å²) in [5.74, 6) is -0.594. The largest absolute Gasteiger partial charge is 0.459 e. The maximum Gasteiger partial charge on any atom is 0.287 e. The zero-order valence-corrected chi connectivity index (χ0v) is 13.2. The summed E-state index contributed by atoms with van der Waals surface area (Å²) in [6.45, 7) is 0.422. The first-order valence-electron chi connectivity index (χ1n) is 6.78. The molecular weight excluding hydrogens is 320 g/mol. The average molecular weight is 336 g/mol. The molecule has 0 atom stereocenters. The molecule has 0 aliphatic heterocycles. The summed E-state index contributed by atoms with van der Waals surface area (Å²) >= 11 is 0. The standard InChI is InChI=1S/C15H16N2O5S/c1-23(20,21)12-5-2-4-11(10-12)14(18)16-7-8-17-15(19)13-6-3-9-22-13/h2-6,9-10H,7-8H2,1H3,(H,16,18)(H,17,19). The quantitative estimate of drug-likeness (QED) is 0.761. The van der Waals surface area contributed by atoms with Crippen molar-refractivity contribution in [2.45, 2.75) is 4.90 Å². The van der Waals surface area contributed by atoms with E-state index in [2.05, 4.69) is 10.6 Å². The number of amides is 2. The lowest BCUT2D eigenvalue weighted by atomic mass is 10.2. The lowest BCUT2D eigenvalue weighted by molar-refractivity contribution is 0.0910. The van der Waals surface area contributed by atoms with E-state index >= 15 is 0 Å². The molecule has 2 N–H and O–H groups in total. The second-order valence-corrected chi connectivity index (χ2v) is 6.80. The van der Waals surface area contributed by atoms with Crippen LogP contribution in [0.1, 0.15) is 20.9 Å². The van der Waals surface area contributed by atoms with E-state index in [-0.39, 0.29) is 35.2 Å². The molecule has 0 bridgehead atoms. The van der Waals surface area contributed by atoms with Gasteiger partial charge in [0.1, 0.15) is 0 Å². The third-order valence-electron chi connectivity index (χ3n) is 2.97. The molecule has 2 amide bonds. The van der Waals surface area contributed by atoms with Crippen LogP contribution in [0.2, 0.25) is 0 Å². The predicted molar refractivity (Wildman–Crippen MR) is 82.9 cm³/mol. The molecule has 122 valence electrons. The summed E-state index contributed by atoms with van der Waals surface area (Å²) in [5, 5.41) is 5.18. The number of benzene rings is 1. The van der Waals surface area contributed by atoms with E-state index in [0.717, 1.165) is 6.26 Å². The molecule has 0 aliphatic rings. The molecule has 1 aromatic heterocycles. The van der Waals surface area contributed by atoms with Gasteiger partial charge >= 0.3 is 0 Å². The third-order valence-corrected chi connectivity index (χ3v) is 4.08. The SMILES string of the molecule is CS(=O)(=O)c1cccc(C(=O)NCCNC(=O)c2ccco2)c1. The van der Waals surface area contributed by atoms with Crippen molar-refractivity contribution in [1.82, 2.24) is 10.6 Å². The summed E-state index contributed by atoms with van der Waals surface area (Å²) in [5.41, 5.74) is 0.241. The summed E-state index contributed by atoms with van der Waals surface area (Å²) < 4.78 is 27.9. The number of rotatable bonds is 6. The van der Waals surface area contributed by atoms with Crippen molar-refractivity contribution in [2.75, 3.05) is 19.3 Å².